The standard InChI is InChI=1S/C13H13F3N2O3/c1-8-2-3-9(4-5-11(19)20)6-10(8)18-12(21)17-7-13(14,15)16/h2-6H,7H2,1H3,(H,19,20)(H2,17,18,21)/b5-4+. The lowest BCUT2D eigenvalue weighted by Crippen LogP contribution is -2.36. The molecule has 0 saturated carbocycles. The van der Waals surface area contributed by atoms with Gasteiger partial charge < -0.3 is 15.7 Å². The van der Waals surface area contributed by atoms with Gasteiger partial charge in [0.1, 0.15) is 6.54 Å². The second-order valence-electron chi connectivity index (χ2n) is 4.17. The van der Waals surface area contributed by atoms with E-state index in [0.29, 0.717) is 16.8 Å². The number of rotatable bonds is 4. The molecule has 0 aromatic heterocycles. The van der Waals surface area contributed by atoms with E-state index >= 15 is 0 Å². The number of urea groups is 1. The Bertz CT molecular complexity index is 568. The molecule has 1 aromatic rings. The number of carbonyl (C=O) groups excluding carboxylic acids is 1. The average molecular weight is 302 g/mol. The van der Waals surface area contributed by atoms with Crippen molar-refractivity contribution in [1.82, 2.24) is 5.32 Å². The first-order valence-electron chi connectivity index (χ1n) is 5.80. The fraction of sp³-hybridized carbons (Fsp3) is 0.231. The minimum Gasteiger partial charge on any atom is -0.478 e. The number of carboxylic acids is 1. The highest BCUT2D eigenvalue weighted by molar-refractivity contribution is 5.91. The summed E-state index contributed by atoms with van der Waals surface area (Å²) in [6.45, 7) is 0.223. The summed E-state index contributed by atoms with van der Waals surface area (Å²) >= 11 is 0. The number of carboxylic acid groups (broad SMARTS) is 1. The number of benzene rings is 1. The zero-order valence-corrected chi connectivity index (χ0v) is 11.0. The molecule has 8 heteroatoms. The van der Waals surface area contributed by atoms with Crippen LogP contribution >= 0.6 is 0 Å². The molecule has 0 bridgehead atoms. The van der Waals surface area contributed by atoms with Crippen molar-refractivity contribution in [2.24, 2.45) is 0 Å². The maximum Gasteiger partial charge on any atom is 0.405 e. The predicted octanol–water partition coefficient (Wildman–Crippen LogP) is 2.78. The lowest BCUT2D eigenvalue weighted by atomic mass is 10.1. The van der Waals surface area contributed by atoms with Crippen molar-refractivity contribution in [2.45, 2.75) is 13.1 Å². The summed E-state index contributed by atoms with van der Waals surface area (Å²) in [7, 11) is 0. The molecule has 114 valence electrons. The van der Waals surface area contributed by atoms with Gasteiger partial charge in [-0.25, -0.2) is 9.59 Å². The van der Waals surface area contributed by atoms with Crippen molar-refractivity contribution in [3.63, 3.8) is 0 Å². The number of halogens is 3. The molecule has 0 saturated heterocycles. The third-order valence-electron chi connectivity index (χ3n) is 2.38. The highest BCUT2D eigenvalue weighted by Gasteiger charge is 2.27. The highest BCUT2D eigenvalue weighted by atomic mass is 19.4. The van der Waals surface area contributed by atoms with Gasteiger partial charge in [0.2, 0.25) is 0 Å². The molecular weight excluding hydrogens is 289 g/mol. The van der Waals surface area contributed by atoms with Crippen molar-refractivity contribution in [1.29, 1.82) is 0 Å². The Morgan fingerprint density at radius 1 is 1.33 bits per heavy atom. The number of aliphatic carboxylic acids is 1. The fourth-order valence-corrected chi connectivity index (χ4v) is 1.39. The topological polar surface area (TPSA) is 78.4 Å². The predicted molar refractivity (Wildman–Crippen MR) is 70.9 cm³/mol. The van der Waals surface area contributed by atoms with Crippen molar-refractivity contribution in [3.8, 4) is 0 Å². The molecule has 0 heterocycles. The Morgan fingerprint density at radius 3 is 2.57 bits per heavy atom. The van der Waals surface area contributed by atoms with Gasteiger partial charge in [-0.15, -0.1) is 0 Å². The number of hydrogen-bond acceptors (Lipinski definition) is 2. The van der Waals surface area contributed by atoms with Crippen LogP contribution in [0.25, 0.3) is 6.08 Å². The second kappa shape index (κ2) is 6.78. The molecule has 0 aliphatic rings. The Hall–Kier alpha value is -2.51. The van der Waals surface area contributed by atoms with Gasteiger partial charge in [0.25, 0.3) is 0 Å². The third kappa shape index (κ3) is 6.46. The summed E-state index contributed by atoms with van der Waals surface area (Å²) in [5.41, 5.74) is 1.42. The summed E-state index contributed by atoms with van der Waals surface area (Å²) in [6, 6.07) is 3.70. The highest BCUT2D eigenvalue weighted by Crippen LogP contribution is 2.18. The maximum absolute atomic E-state index is 12.0. The SMILES string of the molecule is Cc1ccc(/C=C/C(=O)O)cc1NC(=O)NCC(F)(F)F. The molecule has 0 fully saturated rings. The molecule has 0 radical (unpaired) electrons. The summed E-state index contributed by atoms with van der Waals surface area (Å²) < 4.78 is 35.9. The van der Waals surface area contributed by atoms with E-state index in [2.05, 4.69) is 5.32 Å². The van der Waals surface area contributed by atoms with Gasteiger partial charge in [-0.3, -0.25) is 0 Å². The molecule has 0 aliphatic carbocycles. The van der Waals surface area contributed by atoms with Crippen LogP contribution in [0.15, 0.2) is 24.3 Å². The smallest absolute Gasteiger partial charge is 0.405 e. The van der Waals surface area contributed by atoms with Gasteiger partial charge in [0, 0.05) is 11.8 Å². The van der Waals surface area contributed by atoms with Crippen LogP contribution < -0.4 is 10.6 Å². The van der Waals surface area contributed by atoms with Crippen LogP contribution in [0.4, 0.5) is 23.7 Å². The zero-order chi connectivity index (χ0) is 16.0. The molecule has 0 unspecified atom stereocenters. The second-order valence-corrected chi connectivity index (χ2v) is 4.17. The Kier molecular flexibility index (Phi) is 5.34. The Labute approximate surface area is 118 Å². The fourth-order valence-electron chi connectivity index (χ4n) is 1.39. The summed E-state index contributed by atoms with van der Waals surface area (Å²) in [4.78, 5) is 21.8. The monoisotopic (exact) mass is 302 g/mol. The normalized spacial score (nSPS) is 11.4. The van der Waals surface area contributed by atoms with E-state index in [1.165, 1.54) is 12.1 Å². The molecule has 5 nitrogen and oxygen atoms in total. The minimum absolute atomic E-state index is 0.294. The maximum atomic E-state index is 12.0. The van der Waals surface area contributed by atoms with Crippen LogP contribution in [0, 0.1) is 6.92 Å². The first-order chi connectivity index (χ1) is 9.67. The van der Waals surface area contributed by atoms with Gasteiger partial charge in [-0.2, -0.15) is 13.2 Å². The van der Waals surface area contributed by atoms with Crippen LogP contribution in [-0.4, -0.2) is 29.8 Å². The number of carbonyl (C=O) groups is 2. The van der Waals surface area contributed by atoms with E-state index in [0.717, 1.165) is 6.08 Å². The lowest BCUT2D eigenvalue weighted by molar-refractivity contribution is -0.131. The van der Waals surface area contributed by atoms with Crippen molar-refractivity contribution < 1.29 is 27.9 Å². The lowest BCUT2D eigenvalue weighted by Gasteiger charge is -2.12. The number of amides is 2. The van der Waals surface area contributed by atoms with Crippen LogP contribution in [0.5, 0.6) is 0 Å². The van der Waals surface area contributed by atoms with E-state index < -0.39 is 24.7 Å². The molecule has 1 aromatic carbocycles. The van der Waals surface area contributed by atoms with Crippen molar-refractivity contribution in [3.05, 3.63) is 35.4 Å². The third-order valence-corrected chi connectivity index (χ3v) is 2.38. The zero-order valence-electron chi connectivity index (χ0n) is 11.0. The van der Waals surface area contributed by atoms with Gasteiger partial charge >= 0.3 is 18.2 Å². The summed E-state index contributed by atoms with van der Waals surface area (Å²) in [5, 5.41) is 12.5. The number of nitrogens with one attached hydrogen (secondary N) is 2. The molecule has 21 heavy (non-hydrogen) atoms. The number of aryl methyl sites for hydroxylation is 1. The first-order valence-corrected chi connectivity index (χ1v) is 5.80. The number of hydrogen-bond donors (Lipinski definition) is 3. The Balaban J connectivity index is 2.76. The van der Waals surface area contributed by atoms with Crippen LogP contribution in [0.3, 0.4) is 0 Å². The molecule has 2 amide bonds. The number of alkyl halides is 3. The van der Waals surface area contributed by atoms with E-state index in [4.69, 9.17) is 5.11 Å². The van der Waals surface area contributed by atoms with Gasteiger partial charge in [-0.1, -0.05) is 12.1 Å². The van der Waals surface area contributed by atoms with Crippen LogP contribution in [-0.2, 0) is 4.79 Å². The molecule has 0 atom stereocenters. The van der Waals surface area contributed by atoms with Crippen LogP contribution in [0.2, 0.25) is 0 Å². The van der Waals surface area contributed by atoms with Gasteiger partial charge in [0.15, 0.2) is 0 Å². The molecule has 0 aliphatic heterocycles. The minimum atomic E-state index is -4.49. The van der Waals surface area contributed by atoms with Crippen molar-refractivity contribution >= 4 is 23.8 Å². The van der Waals surface area contributed by atoms with E-state index in [-0.39, 0.29) is 0 Å². The van der Waals surface area contributed by atoms with Crippen molar-refractivity contribution in [2.75, 3.05) is 11.9 Å². The van der Waals surface area contributed by atoms with E-state index in [1.54, 1.807) is 24.4 Å². The molecule has 3 N–H and O–H groups in total. The largest absolute Gasteiger partial charge is 0.478 e. The first kappa shape index (κ1) is 16.5. The molecule has 0 spiro atoms. The van der Waals surface area contributed by atoms with Gasteiger partial charge in [0.05, 0.1) is 0 Å². The quantitative estimate of drug-likeness (QED) is 0.748. The Morgan fingerprint density at radius 2 is 2.00 bits per heavy atom. The van der Waals surface area contributed by atoms with E-state index in [9.17, 15) is 22.8 Å². The van der Waals surface area contributed by atoms with E-state index in [1.807, 2.05) is 0 Å². The average Bonchev–Trinajstić information content (AvgIpc) is 2.36. The van der Waals surface area contributed by atoms with Crippen LogP contribution in [0.1, 0.15) is 11.1 Å². The molecule has 1 rings (SSSR count). The summed E-state index contributed by atoms with van der Waals surface area (Å²) in [6.07, 6.45) is -2.27. The summed E-state index contributed by atoms with van der Waals surface area (Å²) in [5.74, 6) is -1.13. The number of anilines is 1. The van der Waals surface area contributed by atoms with Gasteiger partial charge in [-0.05, 0) is 30.2 Å². The molecular formula is C13H13F3N2O3.